The second-order valence-corrected chi connectivity index (χ2v) is 5.07. The molecule has 2 N–H and O–H groups in total. The Bertz CT molecular complexity index is 608. The van der Waals surface area contributed by atoms with Gasteiger partial charge in [-0.05, 0) is 29.7 Å². The van der Waals surface area contributed by atoms with E-state index < -0.39 is 0 Å². The summed E-state index contributed by atoms with van der Waals surface area (Å²) < 4.78 is 0. The maximum atomic E-state index is 12.4. The van der Waals surface area contributed by atoms with Crippen LogP contribution in [-0.2, 0) is 19.5 Å². The molecule has 0 spiro atoms. The number of nitrogens with zero attached hydrogens (tertiary/aromatic N) is 2. The maximum Gasteiger partial charge on any atom is 0.254 e. The van der Waals surface area contributed by atoms with Gasteiger partial charge in [0.1, 0.15) is 0 Å². The number of amides is 1. The number of pyridine rings is 1. The van der Waals surface area contributed by atoms with Crippen molar-refractivity contribution in [3.63, 3.8) is 0 Å². The Morgan fingerprint density at radius 2 is 1.86 bits per heavy atom. The lowest BCUT2D eigenvalue weighted by atomic mass is 10.1. The zero-order valence-corrected chi connectivity index (χ0v) is 12.5. The lowest BCUT2D eigenvalue weighted by molar-refractivity contribution is 0.0785. The highest BCUT2D eigenvalue weighted by Crippen LogP contribution is 2.10. The van der Waals surface area contributed by atoms with Gasteiger partial charge < -0.3 is 10.6 Å². The Hall–Kier alpha value is -2.20. The van der Waals surface area contributed by atoms with E-state index in [0.29, 0.717) is 18.7 Å². The quantitative estimate of drug-likeness (QED) is 0.916. The molecule has 0 saturated carbocycles. The van der Waals surface area contributed by atoms with E-state index in [0.717, 1.165) is 17.7 Å². The molecule has 4 nitrogen and oxygen atoms in total. The van der Waals surface area contributed by atoms with Crippen LogP contribution in [0.4, 0.5) is 0 Å². The molecule has 0 unspecified atom stereocenters. The lowest BCUT2D eigenvalue weighted by Crippen LogP contribution is -2.26. The van der Waals surface area contributed by atoms with Crippen LogP contribution in [0.1, 0.15) is 34.1 Å². The normalized spacial score (nSPS) is 10.4. The Morgan fingerprint density at radius 1 is 1.19 bits per heavy atom. The number of carbonyl (C=O) groups excluding carboxylic acids is 1. The van der Waals surface area contributed by atoms with Crippen LogP contribution < -0.4 is 5.73 Å². The summed E-state index contributed by atoms with van der Waals surface area (Å²) in [5.41, 5.74) is 9.33. The fraction of sp³-hybridized carbons (Fsp3) is 0.294. The van der Waals surface area contributed by atoms with Crippen LogP contribution >= 0.6 is 0 Å². The van der Waals surface area contributed by atoms with E-state index in [2.05, 4.69) is 36.2 Å². The molecule has 21 heavy (non-hydrogen) atoms. The van der Waals surface area contributed by atoms with E-state index in [9.17, 15) is 4.79 Å². The molecule has 0 aliphatic heterocycles. The zero-order valence-electron chi connectivity index (χ0n) is 12.5. The molecule has 2 aromatic rings. The van der Waals surface area contributed by atoms with Crippen molar-refractivity contribution in [3.8, 4) is 0 Å². The summed E-state index contributed by atoms with van der Waals surface area (Å²) in [4.78, 5) is 18.2. The highest BCUT2D eigenvalue weighted by Gasteiger charge is 2.12. The molecule has 0 fully saturated rings. The smallest absolute Gasteiger partial charge is 0.254 e. The minimum atomic E-state index is -0.0216. The molecular formula is C17H21N3O. The topological polar surface area (TPSA) is 59.2 Å². The van der Waals surface area contributed by atoms with E-state index in [4.69, 9.17) is 5.73 Å². The van der Waals surface area contributed by atoms with Gasteiger partial charge in [-0.1, -0.05) is 31.2 Å². The maximum absolute atomic E-state index is 12.4. The van der Waals surface area contributed by atoms with Crippen LogP contribution in [-0.4, -0.2) is 22.8 Å². The van der Waals surface area contributed by atoms with Crippen molar-refractivity contribution in [2.45, 2.75) is 26.4 Å². The first-order valence-electron chi connectivity index (χ1n) is 7.12. The molecule has 4 heteroatoms. The molecule has 0 bridgehead atoms. The van der Waals surface area contributed by atoms with Crippen LogP contribution in [0.3, 0.4) is 0 Å². The van der Waals surface area contributed by atoms with Crippen molar-refractivity contribution in [2.75, 3.05) is 7.05 Å². The Kier molecular flexibility index (Phi) is 5.06. The first-order chi connectivity index (χ1) is 10.1. The van der Waals surface area contributed by atoms with Crippen molar-refractivity contribution < 1.29 is 4.79 Å². The molecule has 0 saturated heterocycles. The van der Waals surface area contributed by atoms with Crippen LogP contribution in [0.25, 0.3) is 0 Å². The van der Waals surface area contributed by atoms with Gasteiger partial charge in [-0.15, -0.1) is 0 Å². The van der Waals surface area contributed by atoms with Crippen LogP contribution in [0.2, 0.25) is 0 Å². The molecule has 0 radical (unpaired) electrons. The van der Waals surface area contributed by atoms with Gasteiger partial charge in [-0.3, -0.25) is 9.78 Å². The molecule has 1 amide bonds. The second-order valence-electron chi connectivity index (χ2n) is 5.07. The Morgan fingerprint density at radius 3 is 2.48 bits per heavy atom. The molecule has 0 aliphatic carbocycles. The first kappa shape index (κ1) is 15.2. The number of hydrogen-bond acceptors (Lipinski definition) is 3. The number of benzene rings is 1. The van der Waals surface area contributed by atoms with Crippen molar-refractivity contribution in [1.29, 1.82) is 0 Å². The molecule has 0 atom stereocenters. The summed E-state index contributed by atoms with van der Waals surface area (Å²) in [5.74, 6) is -0.0216. The third-order valence-electron chi connectivity index (χ3n) is 3.47. The fourth-order valence-electron chi connectivity index (χ4n) is 2.17. The molecule has 0 aliphatic rings. The summed E-state index contributed by atoms with van der Waals surface area (Å²) in [6, 6.07) is 11.8. The van der Waals surface area contributed by atoms with Gasteiger partial charge in [0.05, 0.1) is 5.69 Å². The first-order valence-corrected chi connectivity index (χ1v) is 7.12. The SMILES string of the molecule is CCc1ccc(CN(C)C(=O)c2ccnc(CN)c2)cc1. The minimum absolute atomic E-state index is 0.0216. The Balaban J connectivity index is 2.07. The van der Waals surface area contributed by atoms with Gasteiger partial charge in [-0.2, -0.15) is 0 Å². The van der Waals surface area contributed by atoms with Gasteiger partial charge in [0.15, 0.2) is 0 Å². The van der Waals surface area contributed by atoms with E-state index in [1.165, 1.54) is 5.56 Å². The van der Waals surface area contributed by atoms with Gasteiger partial charge in [0, 0.05) is 31.9 Å². The monoisotopic (exact) mass is 283 g/mol. The molecular weight excluding hydrogens is 262 g/mol. The highest BCUT2D eigenvalue weighted by molar-refractivity contribution is 5.94. The van der Waals surface area contributed by atoms with Gasteiger partial charge in [0.25, 0.3) is 5.91 Å². The summed E-state index contributed by atoms with van der Waals surface area (Å²) in [5, 5.41) is 0. The average Bonchev–Trinajstić information content (AvgIpc) is 2.54. The summed E-state index contributed by atoms with van der Waals surface area (Å²) >= 11 is 0. The van der Waals surface area contributed by atoms with Crippen molar-refractivity contribution in [2.24, 2.45) is 5.73 Å². The van der Waals surface area contributed by atoms with Crippen molar-refractivity contribution in [3.05, 3.63) is 65.0 Å². The summed E-state index contributed by atoms with van der Waals surface area (Å²) in [7, 11) is 1.80. The van der Waals surface area contributed by atoms with Crippen LogP contribution in [0.5, 0.6) is 0 Å². The van der Waals surface area contributed by atoms with Gasteiger partial charge >= 0.3 is 0 Å². The molecule has 110 valence electrons. The number of carbonyl (C=O) groups is 1. The fourth-order valence-corrected chi connectivity index (χ4v) is 2.17. The summed E-state index contributed by atoms with van der Waals surface area (Å²) in [6.07, 6.45) is 2.65. The van der Waals surface area contributed by atoms with Crippen LogP contribution in [0, 0.1) is 0 Å². The van der Waals surface area contributed by atoms with Gasteiger partial charge in [-0.25, -0.2) is 0 Å². The van der Waals surface area contributed by atoms with Gasteiger partial charge in [0.2, 0.25) is 0 Å². The molecule has 1 aromatic carbocycles. The van der Waals surface area contributed by atoms with E-state index >= 15 is 0 Å². The number of nitrogens with two attached hydrogens (primary N) is 1. The predicted octanol–water partition coefficient (Wildman–Crippen LogP) is 2.37. The predicted molar refractivity (Wildman–Crippen MR) is 83.7 cm³/mol. The van der Waals surface area contributed by atoms with E-state index in [-0.39, 0.29) is 5.91 Å². The zero-order chi connectivity index (χ0) is 15.2. The largest absolute Gasteiger partial charge is 0.337 e. The highest BCUT2D eigenvalue weighted by atomic mass is 16.2. The molecule has 1 aromatic heterocycles. The standard InChI is InChI=1S/C17H21N3O/c1-3-13-4-6-14(7-5-13)12-20(2)17(21)15-8-9-19-16(10-15)11-18/h4-10H,3,11-12,18H2,1-2H3. The average molecular weight is 283 g/mol. The summed E-state index contributed by atoms with van der Waals surface area (Å²) in [6.45, 7) is 3.05. The van der Waals surface area contributed by atoms with Crippen molar-refractivity contribution >= 4 is 5.91 Å². The third-order valence-corrected chi connectivity index (χ3v) is 3.47. The Labute approximate surface area is 125 Å². The van der Waals surface area contributed by atoms with E-state index in [1.54, 1.807) is 30.3 Å². The number of aryl methyl sites for hydroxylation is 1. The third kappa shape index (κ3) is 3.89. The lowest BCUT2D eigenvalue weighted by Gasteiger charge is -2.17. The number of aromatic nitrogens is 1. The molecule has 1 heterocycles. The van der Waals surface area contributed by atoms with Crippen LogP contribution in [0.15, 0.2) is 42.6 Å². The van der Waals surface area contributed by atoms with Crippen molar-refractivity contribution in [1.82, 2.24) is 9.88 Å². The minimum Gasteiger partial charge on any atom is -0.337 e. The second kappa shape index (κ2) is 6.99. The number of hydrogen-bond donors (Lipinski definition) is 1. The van der Waals surface area contributed by atoms with E-state index in [1.807, 2.05) is 0 Å². The molecule has 2 rings (SSSR count). The number of rotatable bonds is 5.